The monoisotopic (exact) mass is 364 g/mol. The second kappa shape index (κ2) is 7.85. The second-order valence-corrected chi connectivity index (χ2v) is 5.64. The Morgan fingerprint density at radius 2 is 1.80 bits per heavy atom. The first-order chi connectivity index (χ1) is 11.9. The number of ether oxygens (including phenoxy) is 2. The summed E-state index contributed by atoms with van der Waals surface area (Å²) < 4.78 is 10.2. The van der Waals surface area contributed by atoms with Gasteiger partial charge in [-0.1, -0.05) is 29.8 Å². The van der Waals surface area contributed by atoms with Gasteiger partial charge in [0.15, 0.2) is 11.5 Å². The van der Waals surface area contributed by atoms with E-state index in [1.54, 1.807) is 31.3 Å². The molecule has 0 heterocycles. The molecule has 0 unspecified atom stereocenters. The zero-order valence-corrected chi connectivity index (χ0v) is 14.7. The van der Waals surface area contributed by atoms with E-state index in [0.29, 0.717) is 5.02 Å². The topological polar surface area (TPSA) is 81.9 Å². The van der Waals surface area contributed by atoms with Crippen molar-refractivity contribution < 1.29 is 19.2 Å². The number of nitro benzene ring substituents is 1. The lowest BCUT2D eigenvalue weighted by molar-refractivity contribution is -0.385. The smallest absolute Gasteiger partial charge is 0.286 e. The van der Waals surface area contributed by atoms with Crippen molar-refractivity contribution in [2.24, 2.45) is 0 Å². The Kier molecular flexibility index (Phi) is 5.82. The van der Waals surface area contributed by atoms with Gasteiger partial charge < -0.3 is 14.4 Å². The van der Waals surface area contributed by atoms with Crippen molar-refractivity contribution in [3.05, 3.63) is 62.7 Å². The Morgan fingerprint density at radius 1 is 1.20 bits per heavy atom. The largest absolute Gasteiger partial charge is 0.493 e. The van der Waals surface area contributed by atoms with Crippen molar-refractivity contribution in [1.29, 1.82) is 0 Å². The molecule has 0 aliphatic rings. The standard InChI is InChI=1S/C17H17ClN2O5/c1-19(10-11-6-4-5-7-13(11)18)17(21)12-8-15(24-2)16(25-3)9-14(12)20(22)23/h4-9H,10H2,1-3H3. The van der Waals surface area contributed by atoms with Gasteiger partial charge in [-0.05, 0) is 11.6 Å². The zero-order chi connectivity index (χ0) is 18.6. The second-order valence-electron chi connectivity index (χ2n) is 5.23. The van der Waals surface area contributed by atoms with E-state index in [2.05, 4.69) is 0 Å². The van der Waals surface area contributed by atoms with Crippen LogP contribution in [0.15, 0.2) is 36.4 Å². The van der Waals surface area contributed by atoms with Crippen LogP contribution in [-0.2, 0) is 6.54 Å². The molecule has 0 bridgehead atoms. The van der Waals surface area contributed by atoms with Gasteiger partial charge in [0.2, 0.25) is 0 Å². The molecule has 0 N–H and O–H groups in total. The number of rotatable bonds is 6. The molecule has 2 aromatic rings. The molecular weight excluding hydrogens is 348 g/mol. The fraction of sp³-hybridized carbons (Fsp3) is 0.235. The molecule has 8 heteroatoms. The van der Waals surface area contributed by atoms with E-state index in [1.807, 2.05) is 0 Å². The van der Waals surface area contributed by atoms with E-state index in [4.69, 9.17) is 21.1 Å². The molecule has 0 aromatic heterocycles. The van der Waals surface area contributed by atoms with Crippen LogP contribution in [0.25, 0.3) is 0 Å². The predicted molar refractivity (Wildman–Crippen MR) is 93.4 cm³/mol. The van der Waals surface area contributed by atoms with Gasteiger partial charge in [-0.3, -0.25) is 14.9 Å². The third-order valence-corrected chi connectivity index (χ3v) is 4.01. The Hall–Kier alpha value is -2.80. The molecule has 0 saturated carbocycles. The van der Waals surface area contributed by atoms with E-state index in [-0.39, 0.29) is 29.3 Å². The lowest BCUT2D eigenvalue weighted by Gasteiger charge is -2.19. The van der Waals surface area contributed by atoms with Crippen LogP contribution in [0.1, 0.15) is 15.9 Å². The summed E-state index contributed by atoms with van der Waals surface area (Å²) in [5.41, 5.74) is 0.300. The van der Waals surface area contributed by atoms with Crippen molar-refractivity contribution in [1.82, 2.24) is 4.90 Å². The van der Waals surface area contributed by atoms with Crippen LogP contribution in [0.2, 0.25) is 5.02 Å². The molecular formula is C17H17ClN2O5. The molecule has 2 rings (SSSR count). The summed E-state index contributed by atoms with van der Waals surface area (Å²) in [5.74, 6) is -0.102. The molecule has 0 atom stereocenters. The summed E-state index contributed by atoms with van der Waals surface area (Å²) in [6, 6.07) is 9.58. The van der Waals surface area contributed by atoms with Crippen LogP contribution in [0, 0.1) is 10.1 Å². The number of nitro groups is 1. The highest BCUT2D eigenvalue weighted by molar-refractivity contribution is 6.31. The van der Waals surface area contributed by atoms with E-state index >= 15 is 0 Å². The number of hydrogen-bond donors (Lipinski definition) is 0. The molecule has 7 nitrogen and oxygen atoms in total. The summed E-state index contributed by atoms with van der Waals surface area (Å²) in [6.45, 7) is 0.212. The van der Waals surface area contributed by atoms with Gasteiger partial charge >= 0.3 is 0 Å². The van der Waals surface area contributed by atoms with E-state index in [0.717, 1.165) is 5.56 Å². The quantitative estimate of drug-likeness (QED) is 0.578. The first-order valence-electron chi connectivity index (χ1n) is 7.28. The number of nitrogens with zero attached hydrogens (tertiary/aromatic N) is 2. The third-order valence-electron chi connectivity index (χ3n) is 3.64. The van der Waals surface area contributed by atoms with Gasteiger partial charge in [-0.25, -0.2) is 0 Å². The SMILES string of the molecule is COc1cc(C(=O)N(C)Cc2ccccc2Cl)c([N+](=O)[O-])cc1OC. The first-order valence-corrected chi connectivity index (χ1v) is 7.66. The normalized spacial score (nSPS) is 10.2. The van der Waals surface area contributed by atoms with Gasteiger partial charge in [0.25, 0.3) is 11.6 Å². The van der Waals surface area contributed by atoms with Crippen LogP contribution in [0.3, 0.4) is 0 Å². The minimum atomic E-state index is -0.626. The summed E-state index contributed by atoms with van der Waals surface area (Å²) in [4.78, 5) is 24.8. The Labute approximate surface area is 149 Å². The highest BCUT2D eigenvalue weighted by Gasteiger charge is 2.26. The van der Waals surface area contributed by atoms with Gasteiger partial charge in [-0.15, -0.1) is 0 Å². The Morgan fingerprint density at radius 3 is 2.36 bits per heavy atom. The maximum absolute atomic E-state index is 12.7. The number of benzene rings is 2. The van der Waals surface area contributed by atoms with Crippen LogP contribution >= 0.6 is 11.6 Å². The van der Waals surface area contributed by atoms with Crippen LogP contribution in [0.5, 0.6) is 11.5 Å². The molecule has 0 spiro atoms. The summed E-state index contributed by atoms with van der Waals surface area (Å²) in [5, 5.41) is 11.9. The first kappa shape index (κ1) is 18.5. The number of hydrogen-bond acceptors (Lipinski definition) is 5. The minimum absolute atomic E-state index is 0.0859. The fourth-order valence-corrected chi connectivity index (χ4v) is 2.55. The van der Waals surface area contributed by atoms with E-state index in [9.17, 15) is 14.9 Å². The molecule has 0 radical (unpaired) electrons. The van der Waals surface area contributed by atoms with Crippen LogP contribution < -0.4 is 9.47 Å². The van der Waals surface area contributed by atoms with Crippen molar-refractivity contribution in [2.45, 2.75) is 6.54 Å². The van der Waals surface area contributed by atoms with Gasteiger partial charge in [0.05, 0.1) is 25.2 Å². The maximum Gasteiger partial charge on any atom is 0.286 e. The van der Waals surface area contributed by atoms with Gasteiger partial charge in [0.1, 0.15) is 5.56 Å². The number of halogens is 1. The molecule has 132 valence electrons. The lowest BCUT2D eigenvalue weighted by atomic mass is 10.1. The average Bonchev–Trinajstić information content (AvgIpc) is 2.61. The maximum atomic E-state index is 12.7. The third kappa shape index (κ3) is 4.00. The molecule has 25 heavy (non-hydrogen) atoms. The van der Waals surface area contributed by atoms with Crippen molar-refractivity contribution in [2.75, 3.05) is 21.3 Å². The highest BCUT2D eigenvalue weighted by Crippen LogP contribution is 2.35. The average molecular weight is 365 g/mol. The Balaban J connectivity index is 2.40. The molecule has 0 saturated heterocycles. The van der Waals surface area contributed by atoms with Crippen molar-refractivity contribution >= 4 is 23.2 Å². The number of amides is 1. The fourth-order valence-electron chi connectivity index (χ4n) is 2.35. The summed E-state index contributed by atoms with van der Waals surface area (Å²) in [7, 11) is 4.31. The van der Waals surface area contributed by atoms with Gasteiger partial charge in [-0.2, -0.15) is 0 Å². The number of carbonyl (C=O) groups is 1. The molecule has 2 aromatic carbocycles. The van der Waals surface area contributed by atoms with Gasteiger partial charge in [0, 0.05) is 24.7 Å². The summed E-state index contributed by atoms with van der Waals surface area (Å²) >= 11 is 6.11. The van der Waals surface area contributed by atoms with Crippen LogP contribution in [0.4, 0.5) is 5.69 Å². The zero-order valence-electron chi connectivity index (χ0n) is 14.0. The number of methoxy groups -OCH3 is 2. The minimum Gasteiger partial charge on any atom is -0.493 e. The summed E-state index contributed by atoms with van der Waals surface area (Å²) in [6.07, 6.45) is 0. The molecule has 0 aliphatic heterocycles. The molecule has 1 amide bonds. The highest BCUT2D eigenvalue weighted by atomic mass is 35.5. The lowest BCUT2D eigenvalue weighted by Crippen LogP contribution is -2.27. The number of carbonyl (C=O) groups excluding carboxylic acids is 1. The Bertz CT molecular complexity index is 810. The van der Waals surface area contributed by atoms with Crippen LogP contribution in [-0.4, -0.2) is 37.0 Å². The van der Waals surface area contributed by atoms with E-state index < -0.39 is 10.8 Å². The van der Waals surface area contributed by atoms with E-state index in [1.165, 1.54) is 31.3 Å². The molecule has 0 fully saturated rings. The molecule has 0 aliphatic carbocycles. The predicted octanol–water partition coefficient (Wildman–Crippen LogP) is 3.54. The van der Waals surface area contributed by atoms with Crippen molar-refractivity contribution in [3.8, 4) is 11.5 Å². The van der Waals surface area contributed by atoms with Crippen molar-refractivity contribution in [3.63, 3.8) is 0 Å².